The number of ether oxygens (including phenoxy) is 1. The van der Waals surface area contributed by atoms with E-state index in [2.05, 4.69) is 23.3 Å². The van der Waals surface area contributed by atoms with Gasteiger partial charge in [0.25, 0.3) is 0 Å². The van der Waals surface area contributed by atoms with E-state index in [9.17, 15) is 0 Å². The summed E-state index contributed by atoms with van der Waals surface area (Å²) in [5.74, 6) is 2.83. The van der Waals surface area contributed by atoms with Gasteiger partial charge >= 0.3 is 0 Å². The van der Waals surface area contributed by atoms with Crippen LogP contribution in [0.5, 0.6) is 5.75 Å². The van der Waals surface area contributed by atoms with Crippen LogP contribution in [-0.2, 0) is 6.42 Å². The van der Waals surface area contributed by atoms with Gasteiger partial charge in [-0.3, -0.25) is 4.98 Å². The van der Waals surface area contributed by atoms with Crippen molar-refractivity contribution in [3.8, 4) is 5.75 Å². The molecule has 0 amide bonds. The molecule has 1 atom stereocenters. The first kappa shape index (κ1) is 15.6. The van der Waals surface area contributed by atoms with Crippen LogP contribution in [0.4, 0.5) is 0 Å². The number of rotatable bonds is 5. The Kier molecular flexibility index (Phi) is 4.68. The topological polar surface area (TPSA) is 47.3 Å². The van der Waals surface area contributed by atoms with Gasteiger partial charge in [-0.2, -0.15) is 0 Å². The SMILES string of the molecule is CNC(Cc1ncc(C)c(OC)c1C)c1cc(C)oc1C. The summed E-state index contributed by atoms with van der Waals surface area (Å²) in [6.45, 7) is 8.06. The highest BCUT2D eigenvalue weighted by Crippen LogP contribution is 2.29. The van der Waals surface area contributed by atoms with Crippen LogP contribution in [0.25, 0.3) is 0 Å². The summed E-state index contributed by atoms with van der Waals surface area (Å²) in [5.41, 5.74) is 4.41. The minimum Gasteiger partial charge on any atom is -0.496 e. The third-order valence-corrected chi connectivity index (χ3v) is 3.95. The van der Waals surface area contributed by atoms with Crippen molar-refractivity contribution in [1.29, 1.82) is 0 Å². The lowest BCUT2D eigenvalue weighted by Gasteiger charge is -2.18. The van der Waals surface area contributed by atoms with E-state index >= 15 is 0 Å². The van der Waals surface area contributed by atoms with Crippen LogP contribution < -0.4 is 10.1 Å². The molecule has 0 aliphatic carbocycles. The molecule has 0 radical (unpaired) electrons. The number of furan rings is 1. The molecular weight excluding hydrogens is 264 g/mol. The average Bonchev–Trinajstić information content (AvgIpc) is 2.77. The van der Waals surface area contributed by atoms with E-state index in [0.29, 0.717) is 0 Å². The van der Waals surface area contributed by atoms with E-state index in [-0.39, 0.29) is 6.04 Å². The van der Waals surface area contributed by atoms with Gasteiger partial charge in [0.2, 0.25) is 0 Å². The Labute approximate surface area is 126 Å². The zero-order valence-electron chi connectivity index (χ0n) is 13.7. The Balaban J connectivity index is 2.33. The molecule has 21 heavy (non-hydrogen) atoms. The van der Waals surface area contributed by atoms with Crippen LogP contribution in [0.15, 0.2) is 16.7 Å². The number of methoxy groups -OCH3 is 1. The van der Waals surface area contributed by atoms with Crippen molar-refractivity contribution in [1.82, 2.24) is 10.3 Å². The van der Waals surface area contributed by atoms with E-state index < -0.39 is 0 Å². The highest BCUT2D eigenvalue weighted by molar-refractivity contribution is 5.41. The van der Waals surface area contributed by atoms with Gasteiger partial charge in [-0.15, -0.1) is 0 Å². The van der Waals surface area contributed by atoms with Crippen LogP contribution in [0.3, 0.4) is 0 Å². The molecule has 1 unspecified atom stereocenters. The van der Waals surface area contributed by atoms with Gasteiger partial charge < -0.3 is 14.5 Å². The van der Waals surface area contributed by atoms with Crippen LogP contribution in [0.1, 0.15) is 39.9 Å². The Morgan fingerprint density at radius 2 is 2.00 bits per heavy atom. The summed E-state index contributed by atoms with van der Waals surface area (Å²) in [6.07, 6.45) is 2.68. The number of pyridine rings is 1. The van der Waals surface area contributed by atoms with Crippen molar-refractivity contribution in [2.45, 2.75) is 40.2 Å². The summed E-state index contributed by atoms with van der Waals surface area (Å²) in [5, 5.41) is 3.36. The highest BCUT2D eigenvalue weighted by atomic mass is 16.5. The van der Waals surface area contributed by atoms with Crippen molar-refractivity contribution in [3.63, 3.8) is 0 Å². The van der Waals surface area contributed by atoms with Crippen LogP contribution in [0, 0.1) is 27.7 Å². The molecule has 0 aliphatic heterocycles. The summed E-state index contributed by atoms with van der Waals surface area (Å²) in [4.78, 5) is 4.59. The molecule has 2 heterocycles. The van der Waals surface area contributed by atoms with Gasteiger partial charge in [0.1, 0.15) is 17.3 Å². The van der Waals surface area contributed by atoms with Gasteiger partial charge in [-0.05, 0) is 40.8 Å². The number of aryl methyl sites for hydroxylation is 3. The molecule has 4 heteroatoms. The second kappa shape index (κ2) is 6.31. The second-order valence-corrected chi connectivity index (χ2v) is 5.46. The molecule has 2 aromatic heterocycles. The number of hydrogen-bond donors (Lipinski definition) is 1. The van der Waals surface area contributed by atoms with Crippen LogP contribution in [-0.4, -0.2) is 19.1 Å². The molecule has 2 rings (SSSR count). The normalized spacial score (nSPS) is 12.5. The van der Waals surface area contributed by atoms with Gasteiger partial charge in [0.15, 0.2) is 0 Å². The quantitative estimate of drug-likeness (QED) is 0.915. The molecule has 4 nitrogen and oxygen atoms in total. The zero-order valence-corrected chi connectivity index (χ0v) is 13.7. The molecule has 0 aliphatic rings. The van der Waals surface area contributed by atoms with Gasteiger partial charge in [-0.25, -0.2) is 0 Å². The minimum absolute atomic E-state index is 0.182. The lowest BCUT2D eigenvalue weighted by Crippen LogP contribution is -2.20. The first-order valence-electron chi connectivity index (χ1n) is 7.21. The Hall–Kier alpha value is -1.81. The lowest BCUT2D eigenvalue weighted by molar-refractivity contribution is 0.406. The monoisotopic (exact) mass is 288 g/mol. The van der Waals surface area contributed by atoms with E-state index in [1.54, 1.807) is 7.11 Å². The van der Waals surface area contributed by atoms with Gasteiger partial charge in [-0.1, -0.05) is 0 Å². The number of nitrogens with zero attached hydrogens (tertiary/aromatic N) is 1. The van der Waals surface area contributed by atoms with Gasteiger partial charge in [0.05, 0.1) is 7.11 Å². The Bertz CT molecular complexity index is 632. The van der Waals surface area contributed by atoms with Crippen molar-refractivity contribution in [3.05, 3.63) is 46.2 Å². The fourth-order valence-corrected chi connectivity index (χ4v) is 2.83. The molecular formula is C17H24N2O2. The van der Waals surface area contributed by atoms with Crippen LogP contribution in [0.2, 0.25) is 0 Å². The molecule has 0 aromatic carbocycles. The maximum absolute atomic E-state index is 5.64. The molecule has 0 saturated heterocycles. The predicted molar refractivity (Wildman–Crippen MR) is 83.9 cm³/mol. The molecule has 0 bridgehead atoms. The van der Waals surface area contributed by atoms with Crippen molar-refractivity contribution in [2.24, 2.45) is 0 Å². The third kappa shape index (κ3) is 3.10. The number of hydrogen-bond acceptors (Lipinski definition) is 4. The maximum atomic E-state index is 5.64. The number of likely N-dealkylation sites (N-methyl/N-ethyl adjacent to an activating group) is 1. The van der Waals surface area contributed by atoms with E-state index in [4.69, 9.17) is 9.15 Å². The molecule has 114 valence electrons. The summed E-state index contributed by atoms with van der Waals surface area (Å²) < 4.78 is 11.1. The van der Waals surface area contributed by atoms with E-state index in [0.717, 1.165) is 40.5 Å². The predicted octanol–water partition coefficient (Wildman–Crippen LogP) is 3.42. The number of nitrogens with one attached hydrogen (secondary N) is 1. The molecule has 1 N–H and O–H groups in total. The highest BCUT2D eigenvalue weighted by Gasteiger charge is 2.19. The molecule has 0 saturated carbocycles. The van der Waals surface area contributed by atoms with Crippen molar-refractivity contribution >= 4 is 0 Å². The average molecular weight is 288 g/mol. The van der Waals surface area contributed by atoms with Gasteiger partial charge in [0, 0.05) is 41.0 Å². The largest absolute Gasteiger partial charge is 0.496 e. The second-order valence-electron chi connectivity index (χ2n) is 5.46. The van der Waals surface area contributed by atoms with Crippen molar-refractivity contribution < 1.29 is 9.15 Å². The van der Waals surface area contributed by atoms with Crippen LogP contribution >= 0.6 is 0 Å². The van der Waals surface area contributed by atoms with E-state index in [1.165, 1.54) is 5.56 Å². The minimum atomic E-state index is 0.182. The zero-order chi connectivity index (χ0) is 15.6. The smallest absolute Gasteiger partial charge is 0.128 e. The number of aromatic nitrogens is 1. The fourth-order valence-electron chi connectivity index (χ4n) is 2.83. The molecule has 0 fully saturated rings. The standard InChI is InChI=1S/C17H24N2O2/c1-10-9-19-15(12(3)17(10)20-6)8-16(18-5)14-7-11(2)21-13(14)4/h7,9,16,18H,8H2,1-6H3. The lowest BCUT2D eigenvalue weighted by atomic mass is 9.99. The first-order chi connectivity index (χ1) is 9.97. The maximum Gasteiger partial charge on any atom is 0.128 e. The fraction of sp³-hybridized carbons (Fsp3) is 0.471. The molecule has 0 spiro atoms. The summed E-state index contributed by atoms with van der Waals surface area (Å²) >= 11 is 0. The Morgan fingerprint density at radius 1 is 1.29 bits per heavy atom. The summed E-state index contributed by atoms with van der Waals surface area (Å²) in [7, 11) is 3.67. The third-order valence-electron chi connectivity index (χ3n) is 3.95. The Morgan fingerprint density at radius 3 is 2.52 bits per heavy atom. The van der Waals surface area contributed by atoms with E-state index in [1.807, 2.05) is 34.0 Å². The summed E-state index contributed by atoms with van der Waals surface area (Å²) in [6, 6.07) is 2.28. The first-order valence-corrected chi connectivity index (χ1v) is 7.21. The van der Waals surface area contributed by atoms with Crippen molar-refractivity contribution in [2.75, 3.05) is 14.2 Å². The molecule has 2 aromatic rings.